The Labute approximate surface area is 133 Å². The van der Waals surface area contributed by atoms with Gasteiger partial charge in [-0.25, -0.2) is 0 Å². The molecule has 0 radical (unpaired) electrons. The van der Waals surface area contributed by atoms with Gasteiger partial charge in [0.15, 0.2) is 0 Å². The molecule has 7 heteroatoms. The number of halogens is 1. The summed E-state index contributed by atoms with van der Waals surface area (Å²) in [4.78, 5) is 12.9. The van der Waals surface area contributed by atoms with Gasteiger partial charge in [-0.2, -0.15) is 0 Å². The number of nitro groups is 1. The van der Waals surface area contributed by atoms with Crippen molar-refractivity contribution >= 4 is 27.3 Å². The van der Waals surface area contributed by atoms with E-state index in [1.54, 1.807) is 26.4 Å². The van der Waals surface area contributed by atoms with E-state index < -0.39 is 0 Å². The Kier molecular flexibility index (Phi) is 8.26. The summed E-state index contributed by atoms with van der Waals surface area (Å²) in [6.45, 7) is 2.43. The summed E-state index contributed by atoms with van der Waals surface area (Å²) >= 11 is 3.32. The van der Waals surface area contributed by atoms with Crippen LogP contribution in [-0.2, 0) is 14.8 Å². The molecule has 21 heavy (non-hydrogen) atoms. The van der Waals surface area contributed by atoms with Gasteiger partial charge >= 0.3 is 0 Å². The Bertz CT molecular complexity index is 457. The van der Waals surface area contributed by atoms with E-state index in [4.69, 9.17) is 9.47 Å². The largest absolute Gasteiger partial charge is 0.385 e. The summed E-state index contributed by atoms with van der Waals surface area (Å²) in [5, 5.41) is 11.9. The van der Waals surface area contributed by atoms with Crippen molar-refractivity contribution in [2.24, 2.45) is 0 Å². The topological polar surface area (TPSA) is 64.8 Å². The molecule has 118 valence electrons. The van der Waals surface area contributed by atoms with E-state index in [1.165, 1.54) is 0 Å². The van der Waals surface area contributed by atoms with Crippen LogP contribution in [0.1, 0.15) is 12.0 Å². The molecule has 0 unspecified atom stereocenters. The van der Waals surface area contributed by atoms with Gasteiger partial charge in [-0.05, 0) is 18.1 Å². The zero-order chi connectivity index (χ0) is 15.7. The Morgan fingerprint density at radius 1 is 1.24 bits per heavy atom. The lowest BCUT2D eigenvalue weighted by atomic mass is 10.1. The van der Waals surface area contributed by atoms with Crippen LogP contribution in [0.5, 0.6) is 0 Å². The van der Waals surface area contributed by atoms with Gasteiger partial charge in [-0.3, -0.25) is 10.1 Å². The minimum Gasteiger partial charge on any atom is -0.385 e. The molecule has 0 aliphatic rings. The van der Waals surface area contributed by atoms with Crippen molar-refractivity contribution in [3.05, 3.63) is 33.9 Å². The van der Waals surface area contributed by atoms with Crippen LogP contribution >= 0.6 is 15.9 Å². The highest BCUT2D eigenvalue weighted by Crippen LogP contribution is 2.30. The summed E-state index contributed by atoms with van der Waals surface area (Å²) in [5.41, 5.74) is 1.63. The molecule has 0 aromatic heterocycles. The maximum atomic E-state index is 11.3. The third-order valence-electron chi connectivity index (χ3n) is 3.07. The molecule has 0 saturated heterocycles. The maximum Gasteiger partial charge on any atom is 0.292 e. The van der Waals surface area contributed by atoms with Crippen molar-refractivity contribution in [2.45, 2.75) is 11.8 Å². The van der Waals surface area contributed by atoms with Gasteiger partial charge in [0.2, 0.25) is 0 Å². The number of nitro benzene ring substituents is 1. The fourth-order valence-electron chi connectivity index (χ4n) is 2.02. The Hall–Kier alpha value is -1.18. The van der Waals surface area contributed by atoms with Crippen LogP contribution in [0.25, 0.3) is 0 Å². The highest BCUT2D eigenvalue weighted by atomic mass is 79.9. The van der Waals surface area contributed by atoms with E-state index >= 15 is 0 Å². The SMILES string of the molecule is COCCCN(CCOC)c1ccc(CBr)cc1[N+](=O)[O-]. The van der Waals surface area contributed by atoms with E-state index in [2.05, 4.69) is 15.9 Å². The molecule has 0 spiro atoms. The van der Waals surface area contributed by atoms with Gasteiger partial charge in [0.25, 0.3) is 5.69 Å². The van der Waals surface area contributed by atoms with Crippen molar-refractivity contribution in [2.75, 3.05) is 45.4 Å². The zero-order valence-corrected chi connectivity index (χ0v) is 14.0. The molecular weight excluding hydrogens is 340 g/mol. The quantitative estimate of drug-likeness (QED) is 0.277. The van der Waals surface area contributed by atoms with Crippen molar-refractivity contribution in [3.8, 4) is 0 Å². The predicted octanol–water partition coefficient (Wildman–Crippen LogP) is 2.98. The smallest absolute Gasteiger partial charge is 0.292 e. The van der Waals surface area contributed by atoms with Crippen LogP contribution in [0.15, 0.2) is 18.2 Å². The first-order valence-electron chi connectivity index (χ1n) is 6.70. The van der Waals surface area contributed by atoms with Crippen LogP contribution in [-0.4, -0.2) is 45.4 Å². The van der Waals surface area contributed by atoms with Crippen LogP contribution in [0.4, 0.5) is 11.4 Å². The summed E-state index contributed by atoms with van der Waals surface area (Å²) in [5.74, 6) is 0. The normalized spacial score (nSPS) is 10.6. The number of anilines is 1. The van der Waals surface area contributed by atoms with Gasteiger partial charge in [-0.15, -0.1) is 0 Å². The van der Waals surface area contributed by atoms with Crippen LogP contribution in [0.2, 0.25) is 0 Å². The van der Waals surface area contributed by atoms with Gasteiger partial charge in [0.1, 0.15) is 5.69 Å². The fourth-order valence-corrected chi connectivity index (χ4v) is 2.37. The van der Waals surface area contributed by atoms with Gasteiger partial charge in [0.05, 0.1) is 11.5 Å². The molecule has 0 N–H and O–H groups in total. The average molecular weight is 361 g/mol. The number of ether oxygens (including phenoxy) is 2. The molecule has 0 aliphatic heterocycles. The molecule has 0 heterocycles. The Morgan fingerprint density at radius 2 is 1.95 bits per heavy atom. The summed E-state index contributed by atoms with van der Waals surface area (Å²) in [7, 11) is 3.27. The van der Waals surface area contributed by atoms with Crippen LogP contribution in [0.3, 0.4) is 0 Å². The molecule has 0 atom stereocenters. The lowest BCUT2D eigenvalue weighted by Gasteiger charge is -2.24. The molecule has 0 fully saturated rings. The van der Waals surface area contributed by atoms with Crippen LogP contribution < -0.4 is 4.90 Å². The third-order valence-corrected chi connectivity index (χ3v) is 3.72. The van der Waals surface area contributed by atoms with E-state index in [0.29, 0.717) is 37.3 Å². The number of hydrogen-bond donors (Lipinski definition) is 0. The summed E-state index contributed by atoms with van der Waals surface area (Å²) < 4.78 is 10.1. The minimum absolute atomic E-state index is 0.125. The van der Waals surface area contributed by atoms with Gasteiger partial charge in [-0.1, -0.05) is 22.0 Å². The first-order chi connectivity index (χ1) is 10.1. The number of alkyl halides is 1. The standard InChI is InChI=1S/C14H21BrN2O4/c1-20-8-3-6-16(7-9-21-2)13-5-4-12(11-15)10-14(13)17(18)19/h4-5,10H,3,6-9,11H2,1-2H3. The average Bonchev–Trinajstić information content (AvgIpc) is 2.50. The monoisotopic (exact) mass is 360 g/mol. The van der Waals surface area contributed by atoms with E-state index in [1.807, 2.05) is 11.0 Å². The predicted molar refractivity (Wildman–Crippen MR) is 86.3 cm³/mol. The Morgan fingerprint density at radius 3 is 2.52 bits per heavy atom. The molecule has 0 aliphatic carbocycles. The number of rotatable bonds is 10. The fraction of sp³-hybridized carbons (Fsp3) is 0.571. The van der Waals surface area contributed by atoms with Gasteiger partial charge in [0, 0.05) is 45.3 Å². The molecule has 0 bridgehead atoms. The summed E-state index contributed by atoms with van der Waals surface area (Å²) in [6.07, 6.45) is 0.803. The maximum absolute atomic E-state index is 11.3. The van der Waals surface area contributed by atoms with E-state index in [9.17, 15) is 10.1 Å². The molecule has 1 aromatic carbocycles. The highest BCUT2D eigenvalue weighted by molar-refractivity contribution is 9.08. The lowest BCUT2D eigenvalue weighted by Crippen LogP contribution is -2.29. The molecule has 6 nitrogen and oxygen atoms in total. The van der Waals surface area contributed by atoms with Crippen molar-refractivity contribution in [1.29, 1.82) is 0 Å². The number of nitrogens with zero attached hydrogens (tertiary/aromatic N) is 2. The van der Waals surface area contributed by atoms with E-state index in [0.717, 1.165) is 12.0 Å². The second kappa shape index (κ2) is 9.70. The number of methoxy groups -OCH3 is 2. The second-order valence-corrected chi connectivity index (χ2v) is 5.10. The molecule has 1 rings (SSSR count). The minimum atomic E-state index is -0.336. The van der Waals surface area contributed by atoms with Gasteiger partial charge < -0.3 is 14.4 Å². The Balaban J connectivity index is 3.00. The van der Waals surface area contributed by atoms with Crippen LogP contribution in [0, 0.1) is 10.1 Å². The second-order valence-electron chi connectivity index (χ2n) is 4.54. The highest BCUT2D eigenvalue weighted by Gasteiger charge is 2.19. The molecule has 0 amide bonds. The third kappa shape index (κ3) is 5.61. The molecular formula is C14H21BrN2O4. The van der Waals surface area contributed by atoms with E-state index in [-0.39, 0.29) is 10.6 Å². The summed E-state index contributed by atoms with van der Waals surface area (Å²) in [6, 6.07) is 5.31. The molecule has 0 saturated carbocycles. The lowest BCUT2D eigenvalue weighted by molar-refractivity contribution is -0.384. The molecule has 1 aromatic rings. The first kappa shape index (κ1) is 17.9. The number of hydrogen-bond acceptors (Lipinski definition) is 5. The van der Waals surface area contributed by atoms with Crippen molar-refractivity contribution in [1.82, 2.24) is 0 Å². The first-order valence-corrected chi connectivity index (χ1v) is 7.82. The van der Waals surface area contributed by atoms with Crippen molar-refractivity contribution < 1.29 is 14.4 Å². The van der Waals surface area contributed by atoms with Crippen molar-refractivity contribution in [3.63, 3.8) is 0 Å². The number of benzene rings is 1. The zero-order valence-electron chi connectivity index (χ0n) is 12.4.